The predicted molar refractivity (Wildman–Crippen MR) is 109 cm³/mol. The number of ether oxygens (including phenoxy) is 1. The van der Waals surface area contributed by atoms with Crippen LogP contribution in [-0.4, -0.2) is 48.3 Å². The van der Waals surface area contributed by atoms with E-state index in [1.807, 2.05) is 24.3 Å². The van der Waals surface area contributed by atoms with Gasteiger partial charge < -0.3 is 21.1 Å². The number of anilines is 1. The van der Waals surface area contributed by atoms with E-state index in [0.717, 1.165) is 16.2 Å². The number of urea groups is 1. The molecule has 1 atom stereocenters. The number of hydrogen-bond donors (Lipinski definition) is 3. The Balaban J connectivity index is 1.53. The second-order valence-electron chi connectivity index (χ2n) is 6.78. The molecule has 156 valence electrons. The lowest BCUT2D eigenvalue weighted by Crippen LogP contribution is -2.34. The van der Waals surface area contributed by atoms with Gasteiger partial charge in [0.2, 0.25) is 11.8 Å². The summed E-state index contributed by atoms with van der Waals surface area (Å²) in [7, 11) is 1.58. The van der Waals surface area contributed by atoms with Gasteiger partial charge in [0.25, 0.3) is 5.91 Å². The van der Waals surface area contributed by atoms with Crippen molar-refractivity contribution in [3.8, 4) is 5.75 Å². The number of methoxy groups -OCH3 is 1. The number of rotatable bonds is 8. The van der Waals surface area contributed by atoms with E-state index in [9.17, 15) is 19.2 Å². The molecular formula is C21H22N4O5. The molecule has 0 spiro atoms. The SMILES string of the molecule is COc1ccc(CCN2C(=O)N[C@H](CC(=O)Nc3ccc(C(N)=O)cc3)C2=O)cc1. The standard InChI is InChI=1S/C21H22N4O5/c1-30-16-8-2-13(3-9-16)10-11-25-20(28)17(24-21(25)29)12-18(26)23-15-6-4-14(5-7-15)19(22)27/h2-9,17H,10-12H2,1H3,(H2,22,27)(H,23,26)(H,24,29)/t17-/m1/s1. The van der Waals surface area contributed by atoms with E-state index in [1.54, 1.807) is 7.11 Å². The van der Waals surface area contributed by atoms with E-state index < -0.39 is 29.8 Å². The second-order valence-corrected chi connectivity index (χ2v) is 6.78. The topological polar surface area (TPSA) is 131 Å². The smallest absolute Gasteiger partial charge is 0.324 e. The summed E-state index contributed by atoms with van der Waals surface area (Å²) < 4.78 is 5.10. The number of primary amides is 1. The molecule has 5 amide bonds. The van der Waals surface area contributed by atoms with Gasteiger partial charge in [-0.2, -0.15) is 0 Å². The highest BCUT2D eigenvalue weighted by atomic mass is 16.5. The summed E-state index contributed by atoms with van der Waals surface area (Å²) in [5, 5.41) is 5.17. The molecule has 0 bridgehead atoms. The molecule has 0 saturated carbocycles. The van der Waals surface area contributed by atoms with Gasteiger partial charge in [-0.25, -0.2) is 4.79 Å². The molecule has 0 unspecified atom stereocenters. The maximum absolute atomic E-state index is 12.5. The van der Waals surface area contributed by atoms with E-state index >= 15 is 0 Å². The number of nitrogens with one attached hydrogen (secondary N) is 2. The maximum Gasteiger partial charge on any atom is 0.324 e. The van der Waals surface area contributed by atoms with Gasteiger partial charge in [-0.15, -0.1) is 0 Å². The molecule has 0 radical (unpaired) electrons. The molecule has 3 rings (SSSR count). The minimum atomic E-state index is -0.918. The van der Waals surface area contributed by atoms with E-state index in [4.69, 9.17) is 10.5 Å². The average molecular weight is 410 g/mol. The van der Waals surface area contributed by atoms with E-state index in [2.05, 4.69) is 10.6 Å². The highest BCUT2D eigenvalue weighted by molar-refractivity contribution is 6.07. The summed E-state index contributed by atoms with van der Waals surface area (Å²) in [6, 6.07) is 12.0. The molecule has 0 aliphatic carbocycles. The number of carbonyl (C=O) groups excluding carboxylic acids is 4. The van der Waals surface area contributed by atoms with Crippen LogP contribution in [0.3, 0.4) is 0 Å². The van der Waals surface area contributed by atoms with Crippen LogP contribution in [0.25, 0.3) is 0 Å². The van der Waals surface area contributed by atoms with Gasteiger partial charge >= 0.3 is 6.03 Å². The molecule has 30 heavy (non-hydrogen) atoms. The van der Waals surface area contributed by atoms with Crippen LogP contribution in [0.15, 0.2) is 48.5 Å². The van der Waals surface area contributed by atoms with Crippen molar-refractivity contribution in [1.82, 2.24) is 10.2 Å². The molecular weight excluding hydrogens is 388 g/mol. The highest BCUT2D eigenvalue weighted by Gasteiger charge is 2.38. The molecule has 1 aliphatic heterocycles. The van der Waals surface area contributed by atoms with E-state index in [-0.39, 0.29) is 13.0 Å². The molecule has 9 heteroatoms. The molecule has 9 nitrogen and oxygen atoms in total. The lowest BCUT2D eigenvalue weighted by atomic mass is 10.1. The Morgan fingerprint density at radius 1 is 1.10 bits per heavy atom. The molecule has 1 heterocycles. The molecule has 1 aliphatic rings. The van der Waals surface area contributed by atoms with Gasteiger partial charge in [0.1, 0.15) is 11.8 Å². The second kappa shape index (κ2) is 9.08. The Morgan fingerprint density at radius 3 is 2.37 bits per heavy atom. The largest absolute Gasteiger partial charge is 0.497 e. The number of amides is 5. The fourth-order valence-corrected chi connectivity index (χ4v) is 3.08. The normalized spacial score (nSPS) is 15.6. The fraction of sp³-hybridized carbons (Fsp3) is 0.238. The van der Waals surface area contributed by atoms with Gasteiger partial charge in [-0.3, -0.25) is 19.3 Å². The van der Waals surface area contributed by atoms with Crippen LogP contribution in [0.2, 0.25) is 0 Å². The minimum Gasteiger partial charge on any atom is -0.497 e. The van der Waals surface area contributed by atoms with Gasteiger partial charge in [0.15, 0.2) is 0 Å². The van der Waals surface area contributed by atoms with Gasteiger partial charge in [0.05, 0.1) is 13.5 Å². The number of nitrogens with zero attached hydrogens (tertiary/aromatic N) is 1. The first-order valence-electron chi connectivity index (χ1n) is 9.32. The molecule has 2 aromatic rings. The fourth-order valence-electron chi connectivity index (χ4n) is 3.08. The summed E-state index contributed by atoms with van der Waals surface area (Å²) in [6.07, 6.45) is 0.301. The number of nitrogens with two attached hydrogens (primary N) is 1. The maximum atomic E-state index is 12.5. The third-order valence-corrected chi connectivity index (χ3v) is 4.73. The third-order valence-electron chi connectivity index (χ3n) is 4.73. The van der Waals surface area contributed by atoms with Crippen molar-refractivity contribution in [2.24, 2.45) is 5.73 Å². The third kappa shape index (κ3) is 4.93. The number of imide groups is 1. The van der Waals surface area contributed by atoms with Crippen molar-refractivity contribution < 1.29 is 23.9 Å². The van der Waals surface area contributed by atoms with Crippen molar-refractivity contribution in [1.29, 1.82) is 0 Å². The first-order valence-corrected chi connectivity index (χ1v) is 9.32. The molecule has 1 fully saturated rings. The first kappa shape index (κ1) is 20.8. The van der Waals surface area contributed by atoms with Crippen LogP contribution >= 0.6 is 0 Å². The zero-order valence-corrected chi connectivity index (χ0v) is 16.4. The van der Waals surface area contributed by atoms with Crippen molar-refractivity contribution >= 4 is 29.4 Å². The number of hydrogen-bond acceptors (Lipinski definition) is 5. The van der Waals surface area contributed by atoms with Gasteiger partial charge in [-0.05, 0) is 48.4 Å². The predicted octanol–water partition coefficient (Wildman–Crippen LogP) is 1.29. The molecule has 1 saturated heterocycles. The summed E-state index contributed by atoms with van der Waals surface area (Å²) in [5.74, 6) is -0.712. The van der Waals surface area contributed by atoms with Crippen LogP contribution in [0.5, 0.6) is 5.75 Å². The Morgan fingerprint density at radius 2 is 1.77 bits per heavy atom. The van der Waals surface area contributed by atoms with Crippen LogP contribution in [-0.2, 0) is 16.0 Å². The Hall–Kier alpha value is -3.88. The number of carbonyl (C=O) groups is 4. The molecule has 4 N–H and O–H groups in total. The van der Waals surface area contributed by atoms with Crippen LogP contribution in [0.4, 0.5) is 10.5 Å². The number of benzene rings is 2. The first-order chi connectivity index (χ1) is 14.4. The van der Waals surface area contributed by atoms with Crippen molar-refractivity contribution in [2.75, 3.05) is 19.0 Å². The van der Waals surface area contributed by atoms with Crippen molar-refractivity contribution in [3.05, 3.63) is 59.7 Å². The summed E-state index contributed by atoms with van der Waals surface area (Å²) >= 11 is 0. The van der Waals surface area contributed by atoms with Gasteiger partial charge in [-0.1, -0.05) is 12.1 Å². The summed E-state index contributed by atoms with van der Waals surface area (Å²) in [5.41, 5.74) is 6.91. The summed E-state index contributed by atoms with van der Waals surface area (Å²) in [6.45, 7) is 0.212. The Kier molecular flexibility index (Phi) is 6.31. The Labute approximate surface area is 173 Å². The lowest BCUT2D eigenvalue weighted by molar-refractivity contribution is -0.129. The van der Waals surface area contributed by atoms with Crippen LogP contribution in [0.1, 0.15) is 22.3 Å². The van der Waals surface area contributed by atoms with Crippen LogP contribution in [0, 0.1) is 0 Å². The zero-order chi connectivity index (χ0) is 21.7. The monoisotopic (exact) mass is 410 g/mol. The Bertz CT molecular complexity index is 956. The van der Waals surface area contributed by atoms with Crippen molar-refractivity contribution in [2.45, 2.75) is 18.9 Å². The van der Waals surface area contributed by atoms with Gasteiger partial charge in [0, 0.05) is 17.8 Å². The summed E-state index contributed by atoms with van der Waals surface area (Å²) in [4.78, 5) is 49.1. The van der Waals surface area contributed by atoms with E-state index in [0.29, 0.717) is 17.7 Å². The average Bonchev–Trinajstić information content (AvgIpc) is 2.99. The minimum absolute atomic E-state index is 0.193. The highest BCUT2D eigenvalue weighted by Crippen LogP contribution is 2.15. The zero-order valence-electron chi connectivity index (χ0n) is 16.4. The van der Waals surface area contributed by atoms with E-state index in [1.165, 1.54) is 24.3 Å². The lowest BCUT2D eigenvalue weighted by Gasteiger charge is -2.13. The van der Waals surface area contributed by atoms with Crippen LogP contribution < -0.4 is 21.1 Å². The molecule has 2 aromatic carbocycles. The van der Waals surface area contributed by atoms with Crippen molar-refractivity contribution in [3.63, 3.8) is 0 Å². The molecule has 0 aromatic heterocycles. The quantitative estimate of drug-likeness (QED) is 0.565.